The van der Waals surface area contributed by atoms with Crippen molar-refractivity contribution < 1.29 is 33.4 Å². The second kappa shape index (κ2) is 8.95. The number of hydrogen-bond donors (Lipinski definition) is 1. The van der Waals surface area contributed by atoms with E-state index in [9.17, 15) is 19.2 Å². The number of nitrogens with one attached hydrogen (secondary N) is 1. The van der Waals surface area contributed by atoms with Gasteiger partial charge in [-0.25, -0.2) is 0 Å². The van der Waals surface area contributed by atoms with Gasteiger partial charge >= 0.3 is 5.97 Å². The van der Waals surface area contributed by atoms with Gasteiger partial charge in [-0.3, -0.25) is 24.1 Å². The third-order valence-electron chi connectivity index (χ3n) is 6.05. The maximum Gasteiger partial charge on any atom is 0.308 e. The Hall–Kier alpha value is -3.10. The van der Waals surface area contributed by atoms with Gasteiger partial charge in [-0.2, -0.15) is 0 Å². The minimum Gasteiger partial charge on any atom is -0.454 e. The first-order valence-electron chi connectivity index (χ1n) is 10.6. The molecular formula is C22H26N2O7. The van der Waals surface area contributed by atoms with E-state index in [4.69, 9.17) is 14.2 Å². The van der Waals surface area contributed by atoms with Gasteiger partial charge in [0.05, 0.1) is 18.3 Å². The predicted octanol–water partition coefficient (Wildman–Crippen LogP) is 1.53. The van der Waals surface area contributed by atoms with Gasteiger partial charge in [0.2, 0.25) is 18.6 Å². The van der Waals surface area contributed by atoms with Crippen molar-refractivity contribution >= 4 is 23.7 Å². The van der Waals surface area contributed by atoms with E-state index in [1.165, 1.54) is 11.8 Å². The summed E-state index contributed by atoms with van der Waals surface area (Å²) >= 11 is 0. The summed E-state index contributed by atoms with van der Waals surface area (Å²) in [5, 5.41) is 2.71. The van der Waals surface area contributed by atoms with Crippen LogP contribution in [0.2, 0.25) is 0 Å². The Kier molecular flexibility index (Phi) is 6.11. The fourth-order valence-corrected chi connectivity index (χ4v) is 4.35. The number of amides is 3. The summed E-state index contributed by atoms with van der Waals surface area (Å²) < 4.78 is 15.7. The molecule has 2 fully saturated rings. The molecule has 1 aromatic rings. The van der Waals surface area contributed by atoms with E-state index in [1.807, 2.05) is 6.07 Å². The smallest absolute Gasteiger partial charge is 0.308 e. The van der Waals surface area contributed by atoms with E-state index >= 15 is 0 Å². The van der Waals surface area contributed by atoms with Crippen LogP contribution in [0.5, 0.6) is 11.5 Å². The molecule has 3 amide bonds. The molecule has 2 aliphatic heterocycles. The number of likely N-dealkylation sites (tertiary alicyclic amines) is 1. The normalized spacial score (nSPS) is 22.8. The number of carbonyl (C=O) groups is 4. The van der Waals surface area contributed by atoms with Crippen LogP contribution in [-0.4, -0.2) is 48.0 Å². The third-order valence-corrected chi connectivity index (χ3v) is 6.05. The van der Waals surface area contributed by atoms with E-state index in [1.54, 1.807) is 12.1 Å². The summed E-state index contributed by atoms with van der Waals surface area (Å²) in [5.41, 5.74) is 0.823. The first kappa shape index (κ1) is 21.1. The summed E-state index contributed by atoms with van der Waals surface area (Å²) in [7, 11) is 0. The molecule has 4 rings (SSSR count). The van der Waals surface area contributed by atoms with Gasteiger partial charge in [-0.15, -0.1) is 0 Å². The van der Waals surface area contributed by atoms with Gasteiger partial charge in [-0.05, 0) is 37.5 Å². The quantitative estimate of drug-likeness (QED) is 0.516. The van der Waals surface area contributed by atoms with Crippen LogP contribution in [0.15, 0.2) is 18.2 Å². The number of fused-ring (bicyclic) bond motifs is 2. The summed E-state index contributed by atoms with van der Waals surface area (Å²) in [6, 6.07) is 5.36. The highest BCUT2D eigenvalue weighted by Crippen LogP contribution is 2.38. The number of nitrogens with zero attached hydrogens (tertiary/aromatic N) is 1. The minimum absolute atomic E-state index is 0.00493. The van der Waals surface area contributed by atoms with Crippen molar-refractivity contribution in [3.63, 3.8) is 0 Å². The van der Waals surface area contributed by atoms with E-state index in [-0.39, 0.29) is 50.0 Å². The number of esters is 1. The molecule has 0 radical (unpaired) electrons. The zero-order valence-electron chi connectivity index (χ0n) is 17.4. The Balaban J connectivity index is 1.21. The number of imide groups is 1. The molecular weight excluding hydrogens is 404 g/mol. The third kappa shape index (κ3) is 4.50. The molecule has 2 heterocycles. The van der Waals surface area contributed by atoms with Gasteiger partial charge in [0.1, 0.15) is 0 Å². The molecule has 9 nitrogen and oxygen atoms in total. The Morgan fingerprint density at radius 2 is 1.81 bits per heavy atom. The Morgan fingerprint density at radius 3 is 2.52 bits per heavy atom. The van der Waals surface area contributed by atoms with Crippen molar-refractivity contribution in [2.45, 2.75) is 51.7 Å². The Morgan fingerprint density at radius 1 is 1.13 bits per heavy atom. The monoisotopic (exact) mass is 430 g/mol. The van der Waals surface area contributed by atoms with Crippen molar-refractivity contribution in [3.05, 3.63) is 23.8 Å². The van der Waals surface area contributed by atoms with E-state index in [0.717, 1.165) is 31.2 Å². The molecule has 1 aliphatic carbocycles. The van der Waals surface area contributed by atoms with Crippen LogP contribution in [0.1, 0.15) is 44.6 Å². The SMILES string of the molecule is C[C@H](OC(=O)CCN1C(=O)[C@H]2CCCC[C@H]2C1=O)C(=O)NCc1ccc2c(c1)OCO2. The molecule has 1 saturated heterocycles. The lowest BCUT2D eigenvalue weighted by molar-refractivity contribution is -0.155. The highest BCUT2D eigenvalue weighted by Gasteiger charge is 2.47. The number of ether oxygens (including phenoxy) is 3. The van der Waals surface area contributed by atoms with Crippen molar-refractivity contribution in [3.8, 4) is 11.5 Å². The van der Waals surface area contributed by atoms with E-state index < -0.39 is 18.0 Å². The lowest BCUT2D eigenvalue weighted by atomic mass is 9.81. The summed E-state index contributed by atoms with van der Waals surface area (Å²) in [6.45, 7) is 1.90. The second-order valence-corrected chi connectivity index (χ2v) is 8.11. The van der Waals surface area contributed by atoms with Crippen LogP contribution in [0, 0.1) is 11.8 Å². The van der Waals surface area contributed by atoms with Gasteiger partial charge < -0.3 is 19.5 Å². The van der Waals surface area contributed by atoms with Crippen molar-refractivity contribution in [1.29, 1.82) is 0 Å². The first-order chi connectivity index (χ1) is 14.9. The Labute approximate surface area is 180 Å². The van der Waals surface area contributed by atoms with Crippen LogP contribution in [0.3, 0.4) is 0 Å². The Bertz CT molecular complexity index is 876. The minimum atomic E-state index is -0.992. The van der Waals surface area contributed by atoms with Crippen LogP contribution in [-0.2, 0) is 30.5 Å². The molecule has 0 unspecified atom stereocenters. The van der Waals surface area contributed by atoms with Crippen LogP contribution in [0.25, 0.3) is 0 Å². The molecule has 3 atom stereocenters. The molecule has 0 aromatic heterocycles. The standard InChI is InChI=1S/C22H26N2O7/c1-13(20(26)23-11-14-6-7-17-18(10-14)30-12-29-17)31-19(25)8-9-24-21(27)15-4-2-3-5-16(15)22(24)28/h6-7,10,13,15-16H,2-5,8-9,11-12H2,1H3,(H,23,26)/t13-,15-,16+/m0/s1. The zero-order chi connectivity index (χ0) is 22.0. The highest BCUT2D eigenvalue weighted by molar-refractivity contribution is 6.05. The first-order valence-corrected chi connectivity index (χ1v) is 10.6. The van der Waals surface area contributed by atoms with Crippen molar-refractivity contribution in [2.24, 2.45) is 11.8 Å². The fourth-order valence-electron chi connectivity index (χ4n) is 4.35. The number of hydrogen-bond acceptors (Lipinski definition) is 7. The molecule has 1 N–H and O–H groups in total. The molecule has 1 saturated carbocycles. The van der Waals surface area contributed by atoms with Crippen molar-refractivity contribution in [1.82, 2.24) is 10.2 Å². The van der Waals surface area contributed by atoms with Crippen LogP contribution >= 0.6 is 0 Å². The number of rotatable bonds is 7. The topological polar surface area (TPSA) is 111 Å². The lowest BCUT2D eigenvalue weighted by Crippen LogP contribution is -2.37. The summed E-state index contributed by atoms with van der Waals surface area (Å²) in [5.74, 6) is -0.624. The van der Waals surface area contributed by atoms with Gasteiger partial charge in [0, 0.05) is 13.1 Å². The number of carbonyl (C=O) groups excluding carboxylic acids is 4. The maximum atomic E-state index is 12.5. The maximum absolute atomic E-state index is 12.5. The second-order valence-electron chi connectivity index (χ2n) is 8.11. The molecule has 9 heteroatoms. The molecule has 31 heavy (non-hydrogen) atoms. The number of benzene rings is 1. The highest BCUT2D eigenvalue weighted by atomic mass is 16.7. The fraction of sp³-hybridized carbons (Fsp3) is 0.545. The van der Waals surface area contributed by atoms with Gasteiger partial charge in [0.25, 0.3) is 5.91 Å². The molecule has 1 aromatic carbocycles. The lowest BCUT2D eigenvalue weighted by Gasteiger charge is -2.19. The average Bonchev–Trinajstić information content (AvgIpc) is 3.33. The summed E-state index contributed by atoms with van der Waals surface area (Å²) in [4.78, 5) is 50.5. The molecule has 166 valence electrons. The van der Waals surface area contributed by atoms with Gasteiger partial charge in [0.15, 0.2) is 17.6 Å². The van der Waals surface area contributed by atoms with Crippen molar-refractivity contribution in [2.75, 3.05) is 13.3 Å². The summed E-state index contributed by atoms with van der Waals surface area (Å²) in [6.07, 6.45) is 2.25. The molecule has 0 bridgehead atoms. The van der Waals surface area contributed by atoms with E-state index in [0.29, 0.717) is 11.5 Å². The largest absolute Gasteiger partial charge is 0.454 e. The van der Waals surface area contributed by atoms with E-state index in [2.05, 4.69) is 5.32 Å². The molecule has 3 aliphatic rings. The average molecular weight is 430 g/mol. The van der Waals surface area contributed by atoms with Crippen LogP contribution in [0.4, 0.5) is 0 Å². The van der Waals surface area contributed by atoms with Crippen LogP contribution < -0.4 is 14.8 Å². The predicted molar refractivity (Wildman–Crippen MR) is 107 cm³/mol. The molecule has 0 spiro atoms. The zero-order valence-corrected chi connectivity index (χ0v) is 17.4. The van der Waals surface area contributed by atoms with Gasteiger partial charge in [-0.1, -0.05) is 18.9 Å².